The van der Waals surface area contributed by atoms with Gasteiger partial charge >= 0.3 is 18.9 Å². The molecule has 0 aromatic heterocycles. The van der Waals surface area contributed by atoms with Gasteiger partial charge < -0.3 is 12.8 Å². The molecule has 0 aliphatic carbocycles. The molecule has 0 atom stereocenters. The van der Waals surface area contributed by atoms with Crippen molar-refractivity contribution in [2.75, 3.05) is 0 Å². The summed E-state index contributed by atoms with van der Waals surface area (Å²) in [5.74, 6) is 0.170. The van der Waals surface area contributed by atoms with E-state index in [1.165, 1.54) is 5.56 Å². The minimum absolute atomic E-state index is 0. The third-order valence-corrected chi connectivity index (χ3v) is 2.10. The van der Waals surface area contributed by atoms with E-state index in [9.17, 15) is 5.41 Å². The van der Waals surface area contributed by atoms with Crippen LogP contribution >= 0.6 is 0 Å². The first-order chi connectivity index (χ1) is 6.15. The fraction of sp³-hybridized carbons (Fsp3) is 0.385. The average molecular weight is 195 g/mol. The smallest absolute Gasteiger partial charge is 0.859 e. The zero-order chi connectivity index (χ0) is 9.84. The molecule has 0 unspecified atom stereocenters. The Kier molecular flexibility index (Phi) is 8.72. The zero-order valence-corrected chi connectivity index (χ0v) is 10.5. The molecule has 0 spiro atoms. The Morgan fingerprint density at radius 3 is 2.53 bits per heavy atom. The van der Waals surface area contributed by atoms with Crippen LogP contribution in [0.1, 0.15) is 31.9 Å². The maximum atomic E-state index is 9.70. The summed E-state index contributed by atoms with van der Waals surface area (Å²) in [6, 6.07) is 8.93. The number of rotatable bonds is 3. The molecule has 1 nitrogen and oxygen atoms in total. The van der Waals surface area contributed by atoms with Crippen molar-refractivity contribution < 1.29 is 18.9 Å². The van der Waals surface area contributed by atoms with Crippen molar-refractivity contribution in [3.05, 3.63) is 48.2 Å². The van der Waals surface area contributed by atoms with Crippen molar-refractivity contribution in [3.63, 3.8) is 0 Å². The predicted octanol–water partition coefficient (Wildman–Crippen LogP) is 0.518. The standard InChI is InChI=1S/C12H15N.CH3.Li/c1-4-10-6-5-7-11(8-10)12(13)9(2)3;;/h5-6,8-9H,4H2,1-3H3;1H3;/q-2;-1;+1. The SMILES string of the molecule is CCc1cc[c-]c(C(=[N-])C(C)C)c1.[CH3-].[Li+]. The molecule has 0 fully saturated rings. The summed E-state index contributed by atoms with van der Waals surface area (Å²) >= 11 is 0. The van der Waals surface area contributed by atoms with Gasteiger partial charge in [-0.3, -0.25) is 5.71 Å². The minimum Gasteiger partial charge on any atom is -0.859 e. The molecule has 0 aliphatic rings. The summed E-state index contributed by atoms with van der Waals surface area (Å²) in [4.78, 5) is 0. The van der Waals surface area contributed by atoms with Gasteiger partial charge in [-0.15, -0.1) is 29.8 Å². The van der Waals surface area contributed by atoms with Gasteiger partial charge in [0.1, 0.15) is 0 Å². The molecule has 1 aromatic carbocycles. The van der Waals surface area contributed by atoms with Gasteiger partial charge in [0.05, 0.1) is 0 Å². The molecule has 0 bridgehead atoms. The molecule has 0 aliphatic heterocycles. The van der Waals surface area contributed by atoms with Crippen molar-refractivity contribution in [1.82, 2.24) is 0 Å². The van der Waals surface area contributed by atoms with Gasteiger partial charge in [-0.05, 0) is 6.42 Å². The quantitative estimate of drug-likeness (QED) is 0.381. The first-order valence-corrected chi connectivity index (χ1v) is 4.72. The summed E-state index contributed by atoms with van der Waals surface area (Å²) in [6.45, 7) is 6.05. The van der Waals surface area contributed by atoms with Crippen LogP contribution in [-0.4, -0.2) is 5.71 Å². The molecule has 0 saturated carbocycles. The Balaban J connectivity index is 0. The second-order valence-electron chi connectivity index (χ2n) is 3.50. The Bertz CT molecular complexity index is 305. The average Bonchev–Trinajstić information content (AvgIpc) is 2.16. The summed E-state index contributed by atoms with van der Waals surface area (Å²) < 4.78 is 0. The van der Waals surface area contributed by atoms with E-state index in [2.05, 4.69) is 13.0 Å². The van der Waals surface area contributed by atoms with Gasteiger partial charge in [0, 0.05) is 0 Å². The largest absolute Gasteiger partial charge is 1.00 e. The summed E-state index contributed by atoms with van der Waals surface area (Å²) in [5.41, 5.74) is 2.49. The maximum absolute atomic E-state index is 9.70. The van der Waals surface area contributed by atoms with E-state index in [4.69, 9.17) is 0 Å². The van der Waals surface area contributed by atoms with Crippen LogP contribution in [0.2, 0.25) is 0 Å². The van der Waals surface area contributed by atoms with E-state index in [-0.39, 0.29) is 32.2 Å². The summed E-state index contributed by atoms with van der Waals surface area (Å²) in [6.07, 6.45) is 0.993. The second kappa shape index (κ2) is 7.74. The van der Waals surface area contributed by atoms with Gasteiger partial charge in [-0.1, -0.05) is 26.7 Å². The van der Waals surface area contributed by atoms with E-state index in [1.54, 1.807) is 0 Å². The number of nitrogens with zero attached hydrogens (tertiary/aromatic N) is 1. The molecule has 1 aromatic rings. The van der Waals surface area contributed by atoms with Gasteiger partial charge in [-0.25, -0.2) is 0 Å². The Labute approximate surface area is 106 Å². The van der Waals surface area contributed by atoms with Crippen LogP contribution in [0.3, 0.4) is 0 Å². The van der Waals surface area contributed by atoms with Crippen LogP contribution in [0, 0.1) is 19.4 Å². The topological polar surface area (TPSA) is 22.3 Å². The predicted molar refractivity (Wildman–Crippen MR) is 63.4 cm³/mol. The van der Waals surface area contributed by atoms with Crippen LogP contribution in [0.4, 0.5) is 0 Å². The fourth-order valence-electron chi connectivity index (χ4n) is 1.19. The van der Waals surface area contributed by atoms with Crippen molar-refractivity contribution in [3.8, 4) is 0 Å². The summed E-state index contributed by atoms with van der Waals surface area (Å²) in [7, 11) is 0. The van der Waals surface area contributed by atoms with Crippen LogP contribution < -0.4 is 18.9 Å². The van der Waals surface area contributed by atoms with Crippen LogP contribution in [0.25, 0.3) is 5.41 Å². The van der Waals surface area contributed by atoms with E-state index in [0.717, 1.165) is 12.0 Å². The van der Waals surface area contributed by atoms with Gasteiger partial charge in [-0.2, -0.15) is 5.56 Å². The van der Waals surface area contributed by atoms with Crippen LogP contribution in [0.5, 0.6) is 0 Å². The third-order valence-electron chi connectivity index (χ3n) is 2.10. The number of hydrogen-bond acceptors (Lipinski definition) is 0. The van der Waals surface area contributed by atoms with Gasteiger partial charge in [0.15, 0.2) is 0 Å². The molecule has 15 heavy (non-hydrogen) atoms. The van der Waals surface area contributed by atoms with Crippen molar-refractivity contribution in [2.45, 2.75) is 27.2 Å². The molecular formula is C13H18LiN-2. The van der Waals surface area contributed by atoms with Crippen molar-refractivity contribution in [1.29, 1.82) is 0 Å². The van der Waals surface area contributed by atoms with Crippen LogP contribution in [-0.2, 0) is 6.42 Å². The van der Waals surface area contributed by atoms with E-state index in [1.807, 2.05) is 32.0 Å². The molecule has 2 heteroatoms. The third kappa shape index (κ3) is 4.69. The Morgan fingerprint density at radius 2 is 2.07 bits per heavy atom. The second-order valence-corrected chi connectivity index (χ2v) is 3.50. The molecule has 1 rings (SSSR count). The van der Waals surface area contributed by atoms with E-state index < -0.39 is 0 Å². The zero-order valence-electron chi connectivity index (χ0n) is 10.5. The summed E-state index contributed by atoms with van der Waals surface area (Å²) in [5, 5.41) is 9.70. The minimum atomic E-state index is 0. The van der Waals surface area contributed by atoms with Crippen molar-refractivity contribution in [2.24, 2.45) is 5.92 Å². The molecule has 0 heterocycles. The monoisotopic (exact) mass is 195 g/mol. The first kappa shape index (κ1) is 16.9. The molecular weight excluding hydrogens is 177 g/mol. The van der Waals surface area contributed by atoms with Crippen molar-refractivity contribution >= 4 is 5.71 Å². The molecule has 0 N–H and O–H groups in total. The van der Waals surface area contributed by atoms with Crippen LogP contribution in [0.15, 0.2) is 18.2 Å². The normalized spacial score (nSPS) is 9.07. The van der Waals surface area contributed by atoms with E-state index in [0.29, 0.717) is 5.71 Å². The number of benzene rings is 1. The molecule has 78 valence electrons. The fourth-order valence-corrected chi connectivity index (χ4v) is 1.19. The molecule has 0 saturated heterocycles. The maximum Gasteiger partial charge on any atom is 1.00 e. The number of hydrogen-bond donors (Lipinski definition) is 0. The van der Waals surface area contributed by atoms with Gasteiger partial charge in [0.25, 0.3) is 0 Å². The van der Waals surface area contributed by atoms with E-state index >= 15 is 0 Å². The molecule has 0 amide bonds. The van der Waals surface area contributed by atoms with Gasteiger partial charge in [0.2, 0.25) is 0 Å². The Morgan fingerprint density at radius 1 is 1.47 bits per heavy atom. The first-order valence-electron chi connectivity index (χ1n) is 4.72. The molecule has 0 radical (unpaired) electrons. The number of aryl methyl sites for hydroxylation is 1. The Hall–Kier alpha value is -0.513.